The monoisotopic (exact) mass is 443 g/mol. The van der Waals surface area contributed by atoms with Gasteiger partial charge in [0.25, 0.3) is 10.1 Å². The van der Waals surface area contributed by atoms with Gasteiger partial charge in [-0.05, 0) is 43.7 Å². The van der Waals surface area contributed by atoms with Crippen LogP contribution in [0.3, 0.4) is 0 Å². The second-order valence-electron chi connectivity index (χ2n) is 7.23. The highest BCUT2D eigenvalue weighted by Gasteiger charge is 2.09. The van der Waals surface area contributed by atoms with Gasteiger partial charge in [0.2, 0.25) is 0 Å². The zero-order valence-electron chi connectivity index (χ0n) is 17.7. The van der Waals surface area contributed by atoms with E-state index >= 15 is 0 Å². The van der Waals surface area contributed by atoms with Crippen LogP contribution in [0.1, 0.15) is 31.4 Å². The van der Waals surface area contributed by atoms with E-state index in [2.05, 4.69) is 18.7 Å². The molecule has 7 nitrogen and oxygen atoms in total. The molecule has 0 saturated heterocycles. The highest BCUT2D eigenvalue weighted by molar-refractivity contribution is 7.85. The van der Waals surface area contributed by atoms with Crippen LogP contribution in [-0.2, 0) is 16.7 Å². The van der Waals surface area contributed by atoms with Crippen molar-refractivity contribution in [1.82, 2.24) is 0 Å². The molecule has 0 aliphatic rings. The molecule has 164 valence electrons. The molecule has 0 amide bonds. The molecule has 0 aliphatic carbocycles. The second kappa shape index (κ2) is 9.89. The van der Waals surface area contributed by atoms with E-state index in [9.17, 15) is 13.2 Å². The van der Waals surface area contributed by atoms with Gasteiger partial charge < -0.3 is 9.32 Å². The number of rotatable bonds is 9. The molecule has 1 N–H and O–H groups in total. The van der Waals surface area contributed by atoms with Crippen molar-refractivity contribution in [2.75, 3.05) is 23.7 Å². The summed E-state index contributed by atoms with van der Waals surface area (Å²) < 4.78 is 37.7. The van der Waals surface area contributed by atoms with Crippen LogP contribution < -0.4 is 15.1 Å². The Kier molecular flexibility index (Phi) is 7.25. The number of aromatic nitrogens is 1. The average molecular weight is 444 g/mol. The molecule has 0 unspecified atom stereocenters. The van der Waals surface area contributed by atoms with Crippen molar-refractivity contribution in [2.24, 2.45) is 0 Å². The lowest BCUT2D eigenvalue weighted by Crippen LogP contribution is -2.33. The number of hydrogen-bond donors (Lipinski definition) is 1. The van der Waals surface area contributed by atoms with Crippen molar-refractivity contribution in [3.63, 3.8) is 0 Å². The van der Waals surface area contributed by atoms with Gasteiger partial charge in [-0.2, -0.15) is 8.42 Å². The maximum atomic E-state index is 12.4. The quantitative estimate of drug-likeness (QED) is 0.310. The van der Waals surface area contributed by atoms with Crippen molar-refractivity contribution in [2.45, 2.75) is 26.8 Å². The van der Waals surface area contributed by atoms with Gasteiger partial charge >= 0.3 is 5.63 Å². The number of pyridine rings is 1. The second-order valence-corrected chi connectivity index (χ2v) is 8.80. The minimum absolute atomic E-state index is 0.268. The first-order valence-electron chi connectivity index (χ1n) is 10.2. The number of fused-ring (bicyclic) bond motifs is 1. The van der Waals surface area contributed by atoms with Crippen molar-refractivity contribution in [3.05, 3.63) is 70.3 Å². The van der Waals surface area contributed by atoms with Crippen LogP contribution in [0.2, 0.25) is 0 Å². The summed E-state index contributed by atoms with van der Waals surface area (Å²) in [6.45, 7) is 6.41. The van der Waals surface area contributed by atoms with Gasteiger partial charge in [-0.15, -0.1) is 0 Å². The smallest absolute Gasteiger partial charge is 0.343 e. The lowest BCUT2D eigenvalue weighted by atomic mass is 10.1. The summed E-state index contributed by atoms with van der Waals surface area (Å²) in [5, 5.41) is 0.861. The van der Waals surface area contributed by atoms with Crippen molar-refractivity contribution in [1.29, 1.82) is 0 Å². The van der Waals surface area contributed by atoms with Crippen molar-refractivity contribution in [3.8, 4) is 0 Å². The third-order valence-electron chi connectivity index (χ3n) is 5.07. The van der Waals surface area contributed by atoms with Gasteiger partial charge in [0.1, 0.15) is 12.1 Å². The van der Waals surface area contributed by atoms with Gasteiger partial charge in [0.05, 0.1) is 11.3 Å². The molecule has 0 aliphatic heterocycles. The van der Waals surface area contributed by atoms with Crippen LogP contribution in [0.5, 0.6) is 0 Å². The molecular formula is C23H27N2O5S+. The lowest BCUT2D eigenvalue weighted by molar-refractivity contribution is -0.696. The van der Waals surface area contributed by atoms with Crippen LogP contribution in [-0.4, -0.2) is 31.8 Å². The summed E-state index contributed by atoms with van der Waals surface area (Å²) in [5.41, 5.74) is 2.56. The maximum Gasteiger partial charge on any atom is 0.343 e. The molecule has 0 atom stereocenters. The van der Waals surface area contributed by atoms with E-state index in [4.69, 9.17) is 8.97 Å². The molecule has 3 rings (SSSR count). The Morgan fingerprint density at radius 3 is 2.42 bits per heavy atom. The highest BCUT2D eigenvalue weighted by atomic mass is 32.2. The molecule has 8 heteroatoms. The standard InChI is InChI=1S/C23H26N2O5S/c1-3-25(4-2)21-9-8-19-16-20(23(26)30-22(19)17-21)7-6-18-10-13-24(14-11-18)12-5-15-31(27,28)29/h6-11,13-14,16-17H,3-5,12,15H2,1-2H3/p+1. The fraction of sp³-hybridized carbons (Fsp3) is 0.304. The third-order valence-corrected chi connectivity index (χ3v) is 5.87. The van der Waals surface area contributed by atoms with E-state index in [1.807, 2.05) is 59.4 Å². The molecule has 0 fully saturated rings. The van der Waals surface area contributed by atoms with E-state index in [0.717, 1.165) is 29.7 Å². The lowest BCUT2D eigenvalue weighted by Gasteiger charge is -2.20. The minimum Gasteiger partial charge on any atom is -0.422 e. The van der Waals surface area contributed by atoms with Crippen molar-refractivity contribution < 1.29 is 22.0 Å². The number of benzene rings is 1. The highest BCUT2D eigenvalue weighted by Crippen LogP contribution is 2.22. The number of hydrogen-bond acceptors (Lipinski definition) is 5. The van der Waals surface area contributed by atoms with Gasteiger partial charge in [-0.1, -0.05) is 6.08 Å². The SMILES string of the molecule is CCN(CC)c1ccc2cc(/C=C/c3cc[n+](CCCS(=O)(=O)O)cc3)c(=O)oc2c1. The van der Waals surface area contributed by atoms with E-state index < -0.39 is 15.7 Å². The molecule has 0 bridgehead atoms. The van der Waals surface area contributed by atoms with E-state index in [1.165, 1.54) is 0 Å². The van der Waals surface area contributed by atoms with Gasteiger partial charge in [0.15, 0.2) is 12.4 Å². The first-order valence-corrected chi connectivity index (χ1v) is 11.8. The van der Waals surface area contributed by atoms with E-state index in [1.54, 1.807) is 6.08 Å². The summed E-state index contributed by atoms with van der Waals surface area (Å²) in [7, 11) is -3.94. The molecule has 0 spiro atoms. The molecule has 31 heavy (non-hydrogen) atoms. The largest absolute Gasteiger partial charge is 0.422 e. The Balaban J connectivity index is 1.74. The summed E-state index contributed by atoms with van der Waals surface area (Å²) in [6.07, 6.45) is 7.52. The van der Waals surface area contributed by atoms with Crippen molar-refractivity contribution >= 4 is 38.9 Å². The van der Waals surface area contributed by atoms with E-state index in [-0.39, 0.29) is 5.75 Å². The maximum absolute atomic E-state index is 12.4. The topological polar surface area (TPSA) is 91.7 Å². The summed E-state index contributed by atoms with van der Waals surface area (Å²) in [6, 6.07) is 11.4. The predicted octanol–water partition coefficient (Wildman–Crippen LogP) is 3.38. The van der Waals surface area contributed by atoms with Gasteiger partial charge in [-0.25, -0.2) is 9.36 Å². The third kappa shape index (κ3) is 6.26. The predicted molar refractivity (Wildman–Crippen MR) is 123 cm³/mol. The zero-order valence-corrected chi connectivity index (χ0v) is 18.5. The molecule has 3 aromatic rings. The Labute approximate surface area is 182 Å². The first kappa shape index (κ1) is 22.7. The van der Waals surface area contributed by atoms with Crippen LogP contribution in [0.4, 0.5) is 5.69 Å². The number of aryl methyl sites for hydroxylation is 1. The first-order chi connectivity index (χ1) is 14.8. The molecule has 2 heterocycles. The molecular weight excluding hydrogens is 416 g/mol. The van der Waals surface area contributed by atoms with Crippen LogP contribution in [0.25, 0.3) is 23.1 Å². The Morgan fingerprint density at radius 2 is 1.77 bits per heavy atom. The summed E-state index contributed by atoms with van der Waals surface area (Å²) >= 11 is 0. The average Bonchev–Trinajstić information content (AvgIpc) is 2.73. The normalized spacial score (nSPS) is 12.0. The van der Waals surface area contributed by atoms with Crippen LogP contribution in [0, 0.1) is 0 Å². The minimum atomic E-state index is -3.94. The molecule has 1 aromatic carbocycles. The zero-order chi connectivity index (χ0) is 22.4. The van der Waals surface area contributed by atoms with Gasteiger partial charge in [0, 0.05) is 48.8 Å². The Morgan fingerprint density at radius 1 is 1.06 bits per heavy atom. The Hall–Kier alpha value is -2.97. The molecule has 0 saturated carbocycles. The fourth-order valence-corrected chi connectivity index (χ4v) is 3.86. The van der Waals surface area contributed by atoms with E-state index in [0.29, 0.717) is 24.1 Å². The number of nitrogens with zero attached hydrogens (tertiary/aromatic N) is 2. The fourth-order valence-electron chi connectivity index (χ4n) is 3.36. The van der Waals surface area contributed by atoms with Gasteiger partial charge in [-0.3, -0.25) is 4.55 Å². The molecule has 0 radical (unpaired) electrons. The Bertz CT molecular complexity index is 1230. The van der Waals surface area contributed by atoms with Crippen LogP contribution >= 0.6 is 0 Å². The summed E-state index contributed by atoms with van der Waals surface area (Å²) in [5.74, 6) is -0.268. The summed E-state index contributed by atoms with van der Waals surface area (Å²) in [4.78, 5) is 14.6. The van der Waals surface area contributed by atoms with Crippen LogP contribution in [0.15, 0.2) is 58.0 Å². The number of anilines is 1. The molecule has 2 aromatic heterocycles.